The van der Waals surface area contributed by atoms with Gasteiger partial charge < -0.3 is 29.5 Å². The zero-order valence-electron chi connectivity index (χ0n) is 11.2. The van der Waals surface area contributed by atoms with Gasteiger partial charge in [0.15, 0.2) is 6.04 Å². The summed E-state index contributed by atoms with van der Waals surface area (Å²) in [5.74, 6) is -1.61. The Morgan fingerprint density at radius 2 is 2.20 bits per heavy atom. The number of esters is 1. The van der Waals surface area contributed by atoms with E-state index in [9.17, 15) is 14.4 Å². The second-order valence-electron chi connectivity index (χ2n) is 3.99. The molecule has 20 heavy (non-hydrogen) atoms. The van der Waals surface area contributed by atoms with Gasteiger partial charge in [-0.25, -0.2) is 14.4 Å². The molecule has 0 aromatic carbocycles. The number of hydrogen-bond donors (Lipinski definition) is 2. The third-order valence-electron chi connectivity index (χ3n) is 2.61. The van der Waals surface area contributed by atoms with Crippen molar-refractivity contribution in [3.8, 4) is 0 Å². The highest BCUT2D eigenvalue weighted by atomic mass is 16.5. The number of urea groups is 1. The summed E-state index contributed by atoms with van der Waals surface area (Å²) in [6, 6.07) is -1.21. The van der Waals surface area contributed by atoms with Crippen molar-refractivity contribution in [3.05, 3.63) is 0 Å². The monoisotopic (exact) mass is 290 g/mol. The van der Waals surface area contributed by atoms with Gasteiger partial charge >= 0.3 is 18.0 Å². The summed E-state index contributed by atoms with van der Waals surface area (Å²) in [7, 11) is 1.24. The van der Waals surface area contributed by atoms with Crippen LogP contribution in [0.4, 0.5) is 4.79 Å². The van der Waals surface area contributed by atoms with Crippen molar-refractivity contribution in [2.75, 3.05) is 46.6 Å². The van der Waals surface area contributed by atoms with Gasteiger partial charge in [-0.3, -0.25) is 0 Å². The van der Waals surface area contributed by atoms with Gasteiger partial charge in [-0.15, -0.1) is 0 Å². The number of carbonyl (C=O) groups excluding carboxylic acids is 2. The van der Waals surface area contributed by atoms with Crippen molar-refractivity contribution in [1.82, 2.24) is 10.2 Å². The van der Waals surface area contributed by atoms with Gasteiger partial charge in [0.2, 0.25) is 0 Å². The molecule has 1 aliphatic heterocycles. The molecule has 114 valence electrons. The number of nitrogens with zero attached hydrogens (tertiary/aromatic N) is 1. The van der Waals surface area contributed by atoms with E-state index >= 15 is 0 Å². The maximum Gasteiger partial charge on any atom is 0.331 e. The summed E-state index contributed by atoms with van der Waals surface area (Å²) in [5, 5.41) is 10.9. The van der Waals surface area contributed by atoms with Gasteiger partial charge in [0.05, 0.1) is 26.9 Å². The average molecular weight is 290 g/mol. The van der Waals surface area contributed by atoms with Crippen molar-refractivity contribution < 1.29 is 33.7 Å². The van der Waals surface area contributed by atoms with E-state index in [0.29, 0.717) is 6.61 Å². The Hall–Kier alpha value is -1.87. The molecule has 0 bridgehead atoms. The van der Waals surface area contributed by atoms with Crippen LogP contribution in [0, 0.1) is 0 Å². The van der Waals surface area contributed by atoms with Crippen LogP contribution >= 0.6 is 0 Å². The van der Waals surface area contributed by atoms with Gasteiger partial charge in [0.25, 0.3) is 0 Å². The molecule has 1 aliphatic rings. The quantitative estimate of drug-likeness (QED) is 0.460. The molecule has 1 atom stereocenters. The van der Waals surface area contributed by atoms with E-state index in [-0.39, 0.29) is 26.3 Å². The Kier molecular flexibility index (Phi) is 6.74. The minimum absolute atomic E-state index is 0.0747. The van der Waals surface area contributed by atoms with Crippen molar-refractivity contribution in [2.45, 2.75) is 6.04 Å². The Balaban J connectivity index is 2.36. The predicted octanol–water partition coefficient (Wildman–Crippen LogP) is -1.33. The van der Waals surface area contributed by atoms with Crippen molar-refractivity contribution in [1.29, 1.82) is 0 Å². The summed E-state index contributed by atoms with van der Waals surface area (Å²) in [5.41, 5.74) is 0. The lowest BCUT2D eigenvalue weighted by Crippen LogP contribution is -2.56. The first-order valence-electron chi connectivity index (χ1n) is 6.06. The van der Waals surface area contributed by atoms with E-state index in [1.807, 2.05) is 0 Å². The van der Waals surface area contributed by atoms with Gasteiger partial charge in [-0.2, -0.15) is 0 Å². The number of carboxylic acid groups (broad SMARTS) is 1. The third-order valence-corrected chi connectivity index (χ3v) is 2.61. The molecule has 1 saturated heterocycles. The van der Waals surface area contributed by atoms with Crippen molar-refractivity contribution in [3.63, 3.8) is 0 Å². The molecule has 1 fully saturated rings. The molecule has 2 N–H and O–H groups in total. The molecule has 9 heteroatoms. The fourth-order valence-corrected chi connectivity index (χ4v) is 1.67. The molecule has 1 unspecified atom stereocenters. The standard InChI is InChI=1S/C11H18N2O7/c1-18-10(16)8-6-20-5-3-13(8)11(17)12-2-4-19-7-9(14)15/h8H,2-7H2,1H3,(H,12,17)(H,14,15). The highest BCUT2D eigenvalue weighted by Gasteiger charge is 2.33. The Bertz CT molecular complexity index is 361. The minimum atomic E-state index is -1.07. The third kappa shape index (κ3) is 5.02. The van der Waals surface area contributed by atoms with E-state index in [1.54, 1.807) is 0 Å². The van der Waals surface area contributed by atoms with Crippen molar-refractivity contribution >= 4 is 18.0 Å². The van der Waals surface area contributed by atoms with Crippen LogP contribution in [0.1, 0.15) is 0 Å². The molecule has 0 aliphatic carbocycles. The average Bonchev–Trinajstić information content (AvgIpc) is 2.45. The number of morpholine rings is 1. The SMILES string of the molecule is COC(=O)C1COCCN1C(=O)NCCOCC(=O)O. The first-order chi connectivity index (χ1) is 9.56. The summed E-state index contributed by atoms with van der Waals surface area (Å²) in [4.78, 5) is 35.0. The smallest absolute Gasteiger partial charge is 0.331 e. The van der Waals surface area contributed by atoms with Gasteiger partial charge in [0.1, 0.15) is 6.61 Å². The molecule has 1 rings (SSSR count). The molecule has 0 spiro atoms. The summed E-state index contributed by atoms with van der Waals surface area (Å²) in [6.07, 6.45) is 0. The first-order valence-corrected chi connectivity index (χ1v) is 6.06. The number of carbonyl (C=O) groups is 3. The number of amides is 2. The van der Waals surface area contributed by atoms with E-state index in [2.05, 4.69) is 10.1 Å². The van der Waals surface area contributed by atoms with E-state index in [0.717, 1.165) is 0 Å². The van der Waals surface area contributed by atoms with Crippen LogP contribution in [0.3, 0.4) is 0 Å². The summed E-state index contributed by atoms with van der Waals surface area (Å²) in [6.45, 7) is 0.522. The summed E-state index contributed by atoms with van der Waals surface area (Å²) < 4.78 is 14.5. The van der Waals surface area contributed by atoms with Crippen LogP contribution in [0.5, 0.6) is 0 Å². The van der Waals surface area contributed by atoms with E-state index < -0.39 is 30.6 Å². The van der Waals surface area contributed by atoms with Crippen LogP contribution in [0.25, 0.3) is 0 Å². The van der Waals surface area contributed by atoms with Gasteiger partial charge in [-0.05, 0) is 0 Å². The number of ether oxygens (including phenoxy) is 3. The predicted molar refractivity (Wildman–Crippen MR) is 65.2 cm³/mol. The number of nitrogens with one attached hydrogen (secondary N) is 1. The zero-order valence-corrected chi connectivity index (χ0v) is 11.2. The van der Waals surface area contributed by atoms with Crippen LogP contribution in [0.15, 0.2) is 0 Å². The fraction of sp³-hybridized carbons (Fsp3) is 0.727. The van der Waals surface area contributed by atoms with Crippen molar-refractivity contribution in [2.24, 2.45) is 0 Å². The molecular weight excluding hydrogens is 272 g/mol. The maximum atomic E-state index is 11.9. The first kappa shape index (κ1) is 16.2. The molecule has 0 aromatic rings. The Morgan fingerprint density at radius 1 is 1.45 bits per heavy atom. The number of rotatable bonds is 6. The number of hydrogen-bond acceptors (Lipinski definition) is 6. The molecule has 0 aromatic heterocycles. The number of methoxy groups -OCH3 is 1. The van der Waals surface area contributed by atoms with Crippen LogP contribution in [0.2, 0.25) is 0 Å². The molecule has 0 saturated carbocycles. The van der Waals surface area contributed by atoms with Gasteiger partial charge in [-0.1, -0.05) is 0 Å². The second kappa shape index (κ2) is 8.33. The zero-order chi connectivity index (χ0) is 15.0. The second-order valence-corrected chi connectivity index (χ2v) is 3.99. The maximum absolute atomic E-state index is 11.9. The van der Waals surface area contributed by atoms with Gasteiger partial charge in [0, 0.05) is 13.1 Å². The van der Waals surface area contributed by atoms with Crippen LogP contribution in [-0.2, 0) is 23.8 Å². The largest absolute Gasteiger partial charge is 0.480 e. The van der Waals surface area contributed by atoms with E-state index in [4.69, 9.17) is 14.6 Å². The lowest BCUT2D eigenvalue weighted by Gasteiger charge is -2.33. The molecular formula is C11H18N2O7. The molecule has 1 heterocycles. The lowest BCUT2D eigenvalue weighted by molar-refractivity contribution is -0.151. The fourth-order valence-electron chi connectivity index (χ4n) is 1.67. The van der Waals surface area contributed by atoms with E-state index in [1.165, 1.54) is 12.0 Å². The minimum Gasteiger partial charge on any atom is -0.480 e. The number of aliphatic carboxylic acids is 1. The number of carboxylic acids is 1. The Labute approximate surface area is 115 Å². The van der Waals surface area contributed by atoms with Crippen LogP contribution < -0.4 is 5.32 Å². The topological polar surface area (TPSA) is 114 Å². The molecule has 2 amide bonds. The van der Waals surface area contributed by atoms with Crippen LogP contribution in [-0.4, -0.2) is 80.6 Å². The molecule has 0 radical (unpaired) electrons. The Morgan fingerprint density at radius 3 is 2.85 bits per heavy atom. The normalized spacial score (nSPS) is 18.4. The summed E-state index contributed by atoms with van der Waals surface area (Å²) >= 11 is 0. The molecule has 9 nitrogen and oxygen atoms in total. The highest BCUT2D eigenvalue weighted by molar-refractivity contribution is 5.84. The lowest BCUT2D eigenvalue weighted by atomic mass is 10.2. The highest BCUT2D eigenvalue weighted by Crippen LogP contribution is 2.08.